The van der Waals surface area contributed by atoms with Gasteiger partial charge in [-0.05, 0) is 5.56 Å². The van der Waals surface area contributed by atoms with Crippen LogP contribution >= 0.6 is 0 Å². The quantitative estimate of drug-likeness (QED) is 0.829. The highest BCUT2D eigenvalue weighted by atomic mass is 16.4. The van der Waals surface area contributed by atoms with Crippen LogP contribution in [0.3, 0.4) is 0 Å². The van der Waals surface area contributed by atoms with Gasteiger partial charge >= 0.3 is 5.97 Å². The molecule has 0 fully saturated rings. The van der Waals surface area contributed by atoms with Crippen molar-refractivity contribution < 1.29 is 14.7 Å². The summed E-state index contributed by atoms with van der Waals surface area (Å²) in [7, 11) is 0. The first-order chi connectivity index (χ1) is 7.52. The predicted molar refractivity (Wildman–Crippen MR) is 61.3 cm³/mol. The fraction of sp³-hybridized carbons (Fsp3) is 0.385. The van der Waals surface area contributed by atoms with Gasteiger partial charge in [0.15, 0.2) is 0 Å². The second kappa shape index (κ2) is 5.45. The van der Waals surface area contributed by atoms with E-state index in [0.717, 1.165) is 5.56 Å². The number of carboxylic acid groups (broad SMARTS) is 1. The largest absolute Gasteiger partial charge is 0.481 e. The SMILES string of the molecule is CC(CC(=O)O)C(=O)C(C)c1ccccc1. The van der Waals surface area contributed by atoms with Crippen LogP contribution in [0.25, 0.3) is 0 Å². The molecule has 0 aliphatic heterocycles. The molecule has 16 heavy (non-hydrogen) atoms. The highest BCUT2D eigenvalue weighted by Crippen LogP contribution is 2.21. The smallest absolute Gasteiger partial charge is 0.304 e. The lowest BCUT2D eigenvalue weighted by Crippen LogP contribution is -2.20. The second-order valence-electron chi connectivity index (χ2n) is 4.03. The van der Waals surface area contributed by atoms with Crippen molar-refractivity contribution in [1.29, 1.82) is 0 Å². The average molecular weight is 220 g/mol. The van der Waals surface area contributed by atoms with Crippen molar-refractivity contribution >= 4 is 11.8 Å². The van der Waals surface area contributed by atoms with E-state index in [1.54, 1.807) is 6.92 Å². The minimum Gasteiger partial charge on any atom is -0.481 e. The van der Waals surface area contributed by atoms with Gasteiger partial charge < -0.3 is 5.11 Å². The molecule has 2 atom stereocenters. The summed E-state index contributed by atoms with van der Waals surface area (Å²) in [4.78, 5) is 22.4. The van der Waals surface area contributed by atoms with Crippen LogP contribution in [0.1, 0.15) is 31.7 Å². The normalized spacial score (nSPS) is 14.1. The first kappa shape index (κ1) is 12.4. The van der Waals surface area contributed by atoms with Crippen molar-refractivity contribution in [3.63, 3.8) is 0 Å². The molecule has 2 unspecified atom stereocenters. The van der Waals surface area contributed by atoms with Gasteiger partial charge in [0.05, 0.1) is 6.42 Å². The van der Waals surface area contributed by atoms with Gasteiger partial charge in [-0.3, -0.25) is 9.59 Å². The summed E-state index contributed by atoms with van der Waals surface area (Å²) in [5, 5.41) is 8.63. The van der Waals surface area contributed by atoms with Crippen molar-refractivity contribution in [3.05, 3.63) is 35.9 Å². The standard InChI is InChI=1S/C13H16O3/c1-9(8-12(14)15)13(16)10(2)11-6-4-3-5-7-11/h3-7,9-10H,8H2,1-2H3,(H,14,15). The minimum absolute atomic E-state index is 0.0198. The Bertz CT molecular complexity index is 370. The molecule has 3 heteroatoms. The van der Waals surface area contributed by atoms with Crippen LogP contribution < -0.4 is 0 Å². The van der Waals surface area contributed by atoms with Gasteiger partial charge in [-0.1, -0.05) is 44.2 Å². The minimum atomic E-state index is -0.930. The number of benzene rings is 1. The fourth-order valence-electron chi connectivity index (χ4n) is 1.70. The maximum atomic E-state index is 11.9. The van der Waals surface area contributed by atoms with Crippen molar-refractivity contribution in [2.24, 2.45) is 5.92 Å². The van der Waals surface area contributed by atoms with Gasteiger partial charge in [0, 0.05) is 11.8 Å². The number of carbonyl (C=O) groups excluding carboxylic acids is 1. The third-order valence-electron chi connectivity index (χ3n) is 2.69. The molecule has 0 radical (unpaired) electrons. The van der Waals surface area contributed by atoms with Gasteiger partial charge in [-0.15, -0.1) is 0 Å². The first-order valence-electron chi connectivity index (χ1n) is 5.33. The molecule has 0 aromatic heterocycles. The van der Waals surface area contributed by atoms with Crippen molar-refractivity contribution in [2.45, 2.75) is 26.2 Å². The molecule has 0 aliphatic carbocycles. The number of carbonyl (C=O) groups is 2. The lowest BCUT2D eigenvalue weighted by atomic mass is 9.88. The first-order valence-corrected chi connectivity index (χ1v) is 5.33. The molecule has 1 aromatic carbocycles. The summed E-state index contributed by atoms with van der Waals surface area (Å²) >= 11 is 0. The number of carboxylic acids is 1. The molecule has 0 saturated carbocycles. The van der Waals surface area contributed by atoms with E-state index in [9.17, 15) is 9.59 Å². The highest BCUT2D eigenvalue weighted by molar-refractivity contribution is 5.89. The van der Waals surface area contributed by atoms with Crippen LogP contribution in [-0.2, 0) is 9.59 Å². The number of aliphatic carboxylic acids is 1. The summed E-state index contributed by atoms with van der Waals surface area (Å²) in [6.45, 7) is 3.48. The molecule has 1 aromatic rings. The van der Waals surface area contributed by atoms with Crippen LogP contribution in [0.2, 0.25) is 0 Å². The summed E-state index contributed by atoms with van der Waals surface area (Å²) in [5.41, 5.74) is 0.935. The summed E-state index contributed by atoms with van der Waals surface area (Å²) in [6.07, 6.45) is -0.101. The highest BCUT2D eigenvalue weighted by Gasteiger charge is 2.22. The predicted octanol–water partition coefficient (Wildman–Crippen LogP) is 2.47. The average Bonchev–Trinajstić information content (AvgIpc) is 2.27. The van der Waals surface area contributed by atoms with Crippen LogP contribution in [-0.4, -0.2) is 16.9 Å². The van der Waals surface area contributed by atoms with E-state index in [0.29, 0.717) is 0 Å². The monoisotopic (exact) mass is 220 g/mol. The topological polar surface area (TPSA) is 54.4 Å². The summed E-state index contributed by atoms with van der Waals surface area (Å²) in [6, 6.07) is 9.41. The Morgan fingerprint density at radius 1 is 1.19 bits per heavy atom. The fourth-order valence-corrected chi connectivity index (χ4v) is 1.70. The zero-order valence-corrected chi connectivity index (χ0v) is 9.51. The third-order valence-corrected chi connectivity index (χ3v) is 2.69. The number of rotatable bonds is 5. The van der Waals surface area contributed by atoms with E-state index in [4.69, 9.17) is 5.11 Å². The van der Waals surface area contributed by atoms with Crippen molar-refractivity contribution in [3.8, 4) is 0 Å². The second-order valence-corrected chi connectivity index (χ2v) is 4.03. The van der Waals surface area contributed by atoms with Crippen LogP contribution in [0, 0.1) is 5.92 Å². The molecule has 0 saturated heterocycles. The van der Waals surface area contributed by atoms with Crippen molar-refractivity contribution in [2.75, 3.05) is 0 Å². The molecule has 0 aliphatic rings. The number of hydrogen-bond donors (Lipinski definition) is 1. The Kier molecular flexibility index (Phi) is 4.23. The lowest BCUT2D eigenvalue weighted by molar-refractivity contribution is -0.140. The number of ketones is 1. The van der Waals surface area contributed by atoms with Gasteiger partial charge in [0.2, 0.25) is 0 Å². The lowest BCUT2D eigenvalue weighted by Gasteiger charge is -2.14. The van der Waals surface area contributed by atoms with Crippen LogP contribution in [0.4, 0.5) is 0 Å². The molecule has 1 rings (SSSR count). The van der Waals surface area contributed by atoms with Crippen LogP contribution in [0.5, 0.6) is 0 Å². The molecule has 0 bridgehead atoms. The van der Waals surface area contributed by atoms with Gasteiger partial charge in [-0.25, -0.2) is 0 Å². The molecule has 1 N–H and O–H groups in total. The van der Waals surface area contributed by atoms with E-state index in [-0.39, 0.29) is 18.1 Å². The number of Topliss-reactive ketones (excluding diaryl/α,β-unsaturated/α-hetero) is 1. The van der Waals surface area contributed by atoms with E-state index >= 15 is 0 Å². The Morgan fingerprint density at radius 2 is 1.75 bits per heavy atom. The molecular weight excluding hydrogens is 204 g/mol. The Morgan fingerprint density at radius 3 is 2.25 bits per heavy atom. The van der Waals surface area contributed by atoms with Crippen molar-refractivity contribution in [1.82, 2.24) is 0 Å². The number of hydrogen-bond acceptors (Lipinski definition) is 2. The maximum absolute atomic E-state index is 11.9. The molecular formula is C13H16O3. The van der Waals surface area contributed by atoms with E-state index in [1.807, 2.05) is 37.3 Å². The van der Waals surface area contributed by atoms with E-state index < -0.39 is 11.9 Å². The molecule has 0 heterocycles. The Balaban J connectivity index is 2.71. The molecule has 0 spiro atoms. The molecule has 0 amide bonds. The maximum Gasteiger partial charge on any atom is 0.304 e. The Labute approximate surface area is 95.1 Å². The summed E-state index contributed by atoms with van der Waals surface area (Å²) in [5.74, 6) is -1.63. The van der Waals surface area contributed by atoms with E-state index in [2.05, 4.69) is 0 Å². The van der Waals surface area contributed by atoms with Gasteiger partial charge in [0.25, 0.3) is 0 Å². The Hall–Kier alpha value is -1.64. The molecule has 3 nitrogen and oxygen atoms in total. The third kappa shape index (κ3) is 3.19. The van der Waals surface area contributed by atoms with Gasteiger partial charge in [-0.2, -0.15) is 0 Å². The zero-order chi connectivity index (χ0) is 12.1. The molecule has 86 valence electrons. The van der Waals surface area contributed by atoms with E-state index in [1.165, 1.54) is 0 Å². The van der Waals surface area contributed by atoms with Crippen LogP contribution in [0.15, 0.2) is 30.3 Å². The van der Waals surface area contributed by atoms with Gasteiger partial charge in [0.1, 0.15) is 5.78 Å². The zero-order valence-electron chi connectivity index (χ0n) is 9.51. The summed E-state index contributed by atoms with van der Waals surface area (Å²) < 4.78 is 0.